The quantitative estimate of drug-likeness (QED) is 0.745. The number of hydrogen-bond acceptors (Lipinski definition) is 2. The van der Waals surface area contributed by atoms with Gasteiger partial charge in [-0.25, -0.2) is 0 Å². The van der Waals surface area contributed by atoms with Crippen LogP contribution in [0.5, 0.6) is 0 Å². The highest BCUT2D eigenvalue weighted by molar-refractivity contribution is 6.06. The molecule has 3 rings (SSSR count). The highest BCUT2D eigenvalue weighted by atomic mass is 16.1. The van der Waals surface area contributed by atoms with E-state index in [1.165, 1.54) is 0 Å². The molecule has 5 nitrogen and oxygen atoms in total. The van der Waals surface area contributed by atoms with Gasteiger partial charge in [0.15, 0.2) is 0 Å². The number of H-pyrrole nitrogens is 1. The Morgan fingerprint density at radius 1 is 1.32 bits per heavy atom. The largest absolute Gasteiger partial charge is 0.361 e. The minimum atomic E-state index is -0.0580. The fourth-order valence-electron chi connectivity index (χ4n) is 2.10. The fourth-order valence-corrected chi connectivity index (χ4v) is 2.10. The highest BCUT2D eigenvalue weighted by Gasteiger charge is 2.09. The average Bonchev–Trinajstić information content (AvgIpc) is 3.08. The summed E-state index contributed by atoms with van der Waals surface area (Å²) in [6, 6.07) is 9.44. The number of hydrogen-bond donors (Lipinski definition) is 2. The lowest BCUT2D eigenvalue weighted by molar-refractivity contribution is 0.0953. The molecule has 96 valence electrons. The van der Waals surface area contributed by atoms with Gasteiger partial charge in [-0.1, -0.05) is 6.07 Å². The smallest absolute Gasteiger partial charge is 0.252 e. The van der Waals surface area contributed by atoms with Gasteiger partial charge in [-0.15, -0.1) is 0 Å². The maximum absolute atomic E-state index is 12.1. The van der Waals surface area contributed by atoms with Crippen molar-refractivity contribution in [3.8, 4) is 0 Å². The van der Waals surface area contributed by atoms with Crippen LogP contribution in [-0.4, -0.2) is 27.2 Å². The number of aromatic amines is 1. The average molecular weight is 254 g/mol. The number of rotatable bonds is 4. The van der Waals surface area contributed by atoms with Crippen LogP contribution >= 0.6 is 0 Å². The van der Waals surface area contributed by atoms with Gasteiger partial charge in [0.25, 0.3) is 5.91 Å². The molecule has 1 aromatic carbocycles. The lowest BCUT2D eigenvalue weighted by Gasteiger charge is -2.06. The predicted molar refractivity (Wildman–Crippen MR) is 72.9 cm³/mol. The first-order valence-corrected chi connectivity index (χ1v) is 6.16. The second-order valence-electron chi connectivity index (χ2n) is 4.27. The van der Waals surface area contributed by atoms with Crippen molar-refractivity contribution >= 4 is 16.8 Å². The molecule has 0 aliphatic carbocycles. The number of fused-ring (bicyclic) bond motifs is 1. The topological polar surface area (TPSA) is 62.7 Å². The number of nitrogens with zero attached hydrogens (tertiary/aromatic N) is 2. The van der Waals surface area contributed by atoms with Crippen LogP contribution in [-0.2, 0) is 6.54 Å². The second kappa shape index (κ2) is 4.97. The SMILES string of the molecule is O=C(NCCn1cccn1)c1cccc2[nH]ccc12. The van der Waals surface area contributed by atoms with Crippen LogP contribution in [0.3, 0.4) is 0 Å². The molecule has 0 aliphatic heterocycles. The van der Waals surface area contributed by atoms with Crippen molar-refractivity contribution in [2.75, 3.05) is 6.54 Å². The molecule has 0 radical (unpaired) electrons. The standard InChI is InChI=1S/C14H14N4O/c19-14(16-8-10-18-9-2-6-17-18)12-3-1-4-13-11(12)5-7-15-13/h1-7,9,15H,8,10H2,(H,16,19). The molecule has 5 heteroatoms. The molecule has 2 N–H and O–H groups in total. The zero-order valence-electron chi connectivity index (χ0n) is 10.3. The molecule has 0 bridgehead atoms. The summed E-state index contributed by atoms with van der Waals surface area (Å²) in [5.74, 6) is -0.0580. The van der Waals surface area contributed by atoms with E-state index in [2.05, 4.69) is 15.4 Å². The van der Waals surface area contributed by atoms with Gasteiger partial charge in [-0.2, -0.15) is 5.10 Å². The summed E-state index contributed by atoms with van der Waals surface area (Å²) in [6.07, 6.45) is 5.44. The minimum absolute atomic E-state index is 0.0580. The first-order chi connectivity index (χ1) is 9.34. The van der Waals surface area contributed by atoms with E-state index in [0.717, 1.165) is 10.9 Å². The first-order valence-electron chi connectivity index (χ1n) is 6.16. The van der Waals surface area contributed by atoms with E-state index in [-0.39, 0.29) is 5.91 Å². The van der Waals surface area contributed by atoms with Gasteiger partial charge in [0.2, 0.25) is 0 Å². The molecule has 0 unspecified atom stereocenters. The summed E-state index contributed by atoms with van der Waals surface area (Å²) < 4.78 is 1.79. The van der Waals surface area contributed by atoms with E-state index in [1.807, 2.05) is 42.7 Å². The molecule has 0 saturated carbocycles. The van der Waals surface area contributed by atoms with Crippen LogP contribution in [0.15, 0.2) is 48.9 Å². The van der Waals surface area contributed by atoms with Crippen molar-refractivity contribution in [2.45, 2.75) is 6.54 Å². The predicted octanol–water partition coefficient (Wildman–Crippen LogP) is 1.79. The molecule has 0 aliphatic rings. The molecule has 0 spiro atoms. The van der Waals surface area contributed by atoms with E-state index in [9.17, 15) is 4.79 Å². The van der Waals surface area contributed by atoms with Crippen molar-refractivity contribution in [2.24, 2.45) is 0 Å². The maximum atomic E-state index is 12.1. The molecule has 19 heavy (non-hydrogen) atoms. The Morgan fingerprint density at radius 3 is 3.11 bits per heavy atom. The van der Waals surface area contributed by atoms with Crippen molar-refractivity contribution in [3.63, 3.8) is 0 Å². The lowest BCUT2D eigenvalue weighted by atomic mass is 10.1. The fraction of sp³-hybridized carbons (Fsp3) is 0.143. The van der Waals surface area contributed by atoms with E-state index in [4.69, 9.17) is 0 Å². The van der Waals surface area contributed by atoms with Crippen LogP contribution in [0.4, 0.5) is 0 Å². The summed E-state index contributed by atoms with van der Waals surface area (Å²) in [5.41, 5.74) is 1.67. The van der Waals surface area contributed by atoms with Crippen LogP contribution in [0.25, 0.3) is 10.9 Å². The summed E-state index contributed by atoms with van der Waals surface area (Å²) in [6.45, 7) is 1.23. The third kappa shape index (κ3) is 2.35. The van der Waals surface area contributed by atoms with E-state index in [1.54, 1.807) is 10.9 Å². The van der Waals surface area contributed by atoms with Crippen LogP contribution in [0.2, 0.25) is 0 Å². The molecular weight excluding hydrogens is 240 g/mol. The third-order valence-corrected chi connectivity index (χ3v) is 3.03. The Kier molecular flexibility index (Phi) is 3.02. The summed E-state index contributed by atoms with van der Waals surface area (Å²) >= 11 is 0. The van der Waals surface area contributed by atoms with Gasteiger partial charge in [-0.05, 0) is 24.3 Å². The van der Waals surface area contributed by atoms with E-state index < -0.39 is 0 Å². The van der Waals surface area contributed by atoms with Gasteiger partial charge in [0.1, 0.15) is 0 Å². The van der Waals surface area contributed by atoms with Crippen LogP contribution in [0, 0.1) is 0 Å². The van der Waals surface area contributed by atoms with Crippen molar-refractivity contribution < 1.29 is 4.79 Å². The molecule has 3 aromatic rings. The molecule has 2 heterocycles. The first kappa shape index (κ1) is 11.5. The van der Waals surface area contributed by atoms with Crippen molar-refractivity contribution in [1.82, 2.24) is 20.1 Å². The third-order valence-electron chi connectivity index (χ3n) is 3.03. The number of aromatic nitrogens is 3. The Balaban J connectivity index is 1.68. The number of benzene rings is 1. The molecule has 2 aromatic heterocycles. The Hall–Kier alpha value is -2.56. The highest BCUT2D eigenvalue weighted by Crippen LogP contribution is 2.16. The molecule has 0 fully saturated rings. The zero-order chi connectivity index (χ0) is 13.1. The van der Waals surface area contributed by atoms with Crippen LogP contribution in [0.1, 0.15) is 10.4 Å². The van der Waals surface area contributed by atoms with Gasteiger partial charge in [0, 0.05) is 41.6 Å². The minimum Gasteiger partial charge on any atom is -0.361 e. The Bertz CT molecular complexity index is 684. The van der Waals surface area contributed by atoms with Gasteiger partial charge < -0.3 is 10.3 Å². The maximum Gasteiger partial charge on any atom is 0.252 e. The Labute approximate surface area is 110 Å². The molecular formula is C14H14N4O. The van der Waals surface area contributed by atoms with E-state index in [0.29, 0.717) is 18.7 Å². The van der Waals surface area contributed by atoms with Gasteiger partial charge in [-0.3, -0.25) is 9.48 Å². The zero-order valence-corrected chi connectivity index (χ0v) is 10.3. The second-order valence-corrected chi connectivity index (χ2v) is 4.27. The number of carbonyl (C=O) groups is 1. The van der Waals surface area contributed by atoms with Gasteiger partial charge in [0.05, 0.1) is 6.54 Å². The lowest BCUT2D eigenvalue weighted by Crippen LogP contribution is -2.27. The number of nitrogens with one attached hydrogen (secondary N) is 2. The van der Waals surface area contributed by atoms with Gasteiger partial charge >= 0.3 is 0 Å². The van der Waals surface area contributed by atoms with Crippen LogP contribution < -0.4 is 5.32 Å². The van der Waals surface area contributed by atoms with Crippen molar-refractivity contribution in [1.29, 1.82) is 0 Å². The monoisotopic (exact) mass is 254 g/mol. The normalized spacial score (nSPS) is 10.7. The molecule has 1 amide bonds. The summed E-state index contributed by atoms with van der Waals surface area (Å²) in [5, 5.41) is 7.94. The molecule has 0 atom stereocenters. The number of carbonyl (C=O) groups excluding carboxylic acids is 1. The summed E-state index contributed by atoms with van der Waals surface area (Å²) in [7, 11) is 0. The molecule has 0 saturated heterocycles. The summed E-state index contributed by atoms with van der Waals surface area (Å²) in [4.78, 5) is 15.2. The van der Waals surface area contributed by atoms with E-state index >= 15 is 0 Å². The number of amides is 1. The van der Waals surface area contributed by atoms with Crippen molar-refractivity contribution in [3.05, 3.63) is 54.5 Å². The Morgan fingerprint density at radius 2 is 2.26 bits per heavy atom.